The summed E-state index contributed by atoms with van der Waals surface area (Å²) in [7, 11) is 0. The molecule has 0 atom stereocenters. The van der Waals surface area contributed by atoms with Crippen molar-refractivity contribution in [3.05, 3.63) is 54.1 Å². The molecule has 0 bridgehead atoms. The number of aryl methyl sites for hydroxylation is 1. The number of hydrogen-bond donors (Lipinski definition) is 1. The lowest BCUT2D eigenvalue weighted by molar-refractivity contribution is -0.114. The summed E-state index contributed by atoms with van der Waals surface area (Å²) in [6.07, 6.45) is 0. The van der Waals surface area contributed by atoms with Crippen LogP contribution in [0.25, 0.3) is 11.1 Å². The minimum atomic E-state index is -0.0411. The Hall–Kier alpha value is -2.09. The van der Waals surface area contributed by atoms with E-state index in [1.54, 1.807) is 0 Å². The van der Waals surface area contributed by atoms with Crippen LogP contribution < -0.4 is 5.32 Å². The Morgan fingerprint density at radius 3 is 2.29 bits per heavy atom. The largest absolute Gasteiger partial charge is 0.326 e. The van der Waals surface area contributed by atoms with Gasteiger partial charge in [0.1, 0.15) is 0 Å². The molecule has 0 aliphatic heterocycles. The molecule has 2 aromatic carbocycles. The van der Waals surface area contributed by atoms with E-state index in [1.807, 2.05) is 37.3 Å². The van der Waals surface area contributed by atoms with Gasteiger partial charge in [-0.25, -0.2) is 0 Å². The zero-order valence-electron chi connectivity index (χ0n) is 10.0. The highest BCUT2D eigenvalue weighted by Crippen LogP contribution is 2.24. The van der Waals surface area contributed by atoms with Crippen LogP contribution in [0.4, 0.5) is 5.69 Å². The predicted molar refractivity (Wildman–Crippen MR) is 70.9 cm³/mol. The van der Waals surface area contributed by atoms with Gasteiger partial charge in [0.15, 0.2) is 0 Å². The molecule has 1 N–H and O–H groups in total. The average Bonchev–Trinajstić information content (AvgIpc) is 2.32. The van der Waals surface area contributed by atoms with Gasteiger partial charge >= 0.3 is 0 Å². The molecule has 2 rings (SSSR count). The first-order chi connectivity index (χ1) is 8.16. The van der Waals surface area contributed by atoms with Crippen molar-refractivity contribution in [1.29, 1.82) is 0 Å². The summed E-state index contributed by atoms with van der Waals surface area (Å²) in [5.41, 5.74) is 4.29. The average molecular weight is 225 g/mol. The maximum atomic E-state index is 11.0. The summed E-state index contributed by atoms with van der Waals surface area (Å²) >= 11 is 0. The van der Waals surface area contributed by atoms with Gasteiger partial charge in [-0.2, -0.15) is 0 Å². The number of hydrogen-bond acceptors (Lipinski definition) is 1. The third-order valence-corrected chi connectivity index (χ3v) is 2.64. The van der Waals surface area contributed by atoms with Crippen LogP contribution >= 0.6 is 0 Å². The molecular weight excluding hydrogens is 210 g/mol. The predicted octanol–water partition coefficient (Wildman–Crippen LogP) is 3.62. The molecule has 0 aliphatic rings. The first-order valence-electron chi connectivity index (χ1n) is 5.60. The molecule has 0 saturated heterocycles. The summed E-state index contributed by atoms with van der Waals surface area (Å²) in [5.74, 6) is -0.0411. The topological polar surface area (TPSA) is 29.1 Å². The van der Waals surface area contributed by atoms with Crippen LogP contribution in [0.1, 0.15) is 12.5 Å². The fourth-order valence-corrected chi connectivity index (χ4v) is 1.80. The smallest absolute Gasteiger partial charge is 0.221 e. The first-order valence-corrected chi connectivity index (χ1v) is 5.60. The van der Waals surface area contributed by atoms with Gasteiger partial charge in [0.2, 0.25) is 5.91 Å². The van der Waals surface area contributed by atoms with Gasteiger partial charge in [-0.15, -0.1) is 0 Å². The Balaban J connectivity index is 2.34. The minimum absolute atomic E-state index is 0.0411. The molecule has 0 saturated carbocycles. The second kappa shape index (κ2) is 4.83. The van der Waals surface area contributed by atoms with Crippen molar-refractivity contribution < 1.29 is 4.79 Å². The molecule has 0 aliphatic carbocycles. The summed E-state index contributed by atoms with van der Waals surface area (Å²) < 4.78 is 0. The normalized spacial score (nSPS) is 10.0. The van der Waals surface area contributed by atoms with Gasteiger partial charge in [-0.1, -0.05) is 36.4 Å². The molecule has 17 heavy (non-hydrogen) atoms. The minimum Gasteiger partial charge on any atom is -0.326 e. The van der Waals surface area contributed by atoms with Gasteiger partial charge in [-0.3, -0.25) is 4.79 Å². The molecule has 2 heteroatoms. The Labute approximate surface area is 101 Å². The molecule has 0 fully saturated rings. The molecule has 0 aromatic heterocycles. The lowest BCUT2D eigenvalue weighted by Gasteiger charge is -2.09. The molecule has 2 nitrogen and oxygen atoms in total. The van der Waals surface area contributed by atoms with Crippen molar-refractivity contribution in [2.75, 3.05) is 5.32 Å². The highest BCUT2D eigenvalue weighted by Gasteiger charge is 2.02. The molecule has 0 unspecified atom stereocenters. The number of amides is 1. The van der Waals surface area contributed by atoms with Gasteiger partial charge in [0.05, 0.1) is 0 Å². The SMILES string of the molecule is CC(=O)Nc1ccc(-c2ccccc2)cc1C. The summed E-state index contributed by atoms with van der Waals surface area (Å²) in [5, 5.41) is 2.81. The van der Waals surface area contributed by atoms with Gasteiger partial charge in [0.25, 0.3) is 0 Å². The fourth-order valence-electron chi connectivity index (χ4n) is 1.80. The molecule has 86 valence electrons. The Bertz CT molecular complexity index is 532. The van der Waals surface area contributed by atoms with Crippen molar-refractivity contribution in [3.8, 4) is 11.1 Å². The van der Waals surface area contributed by atoms with Crippen molar-refractivity contribution in [1.82, 2.24) is 0 Å². The molecule has 0 heterocycles. The summed E-state index contributed by atoms with van der Waals surface area (Å²) in [6, 6.07) is 16.2. The second-order valence-corrected chi connectivity index (χ2v) is 4.08. The zero-order chi connectivity index (χ0) is 12.3. The van der Waals surface area contributed by atoms with E-state index in [0.29, 0.717) is 0 Å². The number of carbonyl (C=O) groups excluding carboxylic acids is 1. The first kappa shape index (κ1) is 11.4. The van der Waals surface area contributed by atoms with Gasteiger partial charge < -0.3 is 5.32 Å². The Morgan fingerprint density at radius 1 is 1.00 bits per heavy atom. The van der Waals surface area contributed by atoms with Crippen LogP contribution in [0.15, 0.2) is 48.5 Å². The van der Waals surface area contributed by atoms with Crippen LogP contribution in [0.3, 0.4) is 0 Å². The second-order valence-electron chi connectivity index (χ2n) is 4.08. The molecule has 0 radical (unpaired) electrons. The van der Waals surface area contributed by atoms with E-state index in [-0.39, 0.29) is 5.91 Å². The van der Waals surface area contributed by atoms with Crippen LogP contribution in [0.2, 0.25) is 0 Å². The Morgan fingerprint density at radius 2 is 1.71 bits per heavy atom. The lowest BCUT2D eigenvalue weighted by Crippen LogP contribution is -2.06. The van der Waals surface area contributed by atoms with E-state index < -0.39 is 0 Å². The standard InChI is InChI=1S/C15H15NO/c1-11-10-14(13-6-4-3-5-7-13)8-9-15(11)16-12(2)17/h3-10H,1-2H3,(H,16,17). The highest BCUT2D eigenvalue weighted by atomic mass is 16.1. The van der Waals surface area contributed by atoms with E-state index in [1.165, 1.54) is 12.5 Å². The highest BCUT2D eigenvalue weighted by molar-refractivity contribution is 5.90. The molecule has 2 aromatic rings. The number of anilines is 1. The van der Waals surface area contributed by atoms with E-state index in [4.69, 9.17) is 0 Å². The van der Waals surface area contributed by atoms with Crippen molar-refractivity contribution in [3.63, 3.8) is 0 Å². The molecule has 1 amide bonds. The van der Waals surface area contributed by atoms with E-state index in [2.05, 4.69) is 23.5 Å². The van der Waals surface area contributed by atoms with E-state index in [9.17, 15) is 4.79 Å². The van der Waals surface area contributed by atoms with Crippen molar-refractivity contribution in [2.45, 2.75) is 13.8 Å². The van der Waals surface area contributed by atoms with E-state index >= 15 is 0 Å². The number of carbonyl (C=O) groups is 1. The number of benzene rings is 2. The lowest BCUT2D eigenvalue weighted by atomic mass is 10.0. The monoisotopic (exact) mass is 225 g/mol. The van der Waals surface area contributed by atoms with Crippen molar-refractivity contribution in [2.24, 2.45) is 0 Å². The zero-order valence-corrected chi connectivity index (χ0v) is 10.0. The fraction of sp³-hybridized carbons (Fsp3) is 0.133. The molecule has 0 spiro atoms. The maximum absolute atomic E-state index is 11.0. The third kappa shape index (κ3) is 2.72. The summed E-state index contributed by atoms with van der Waals surface area (Å²) in [6.45, 7) is 3.52. The van der Waals surface area contributed by atoms with Crippen LogP contribution in [-0.2, 0) is 4.79 Å². The van der Waals surface area contributed by atoms with Gasteiger partial charge in [0, 0.05) is 12.6 Å². The maximum Gasteiger partial charge on any atom is 0.221 e. The van der Waals surface area contributed by atoms with E-state index in [0.717, 1.165) is 16.8 Å². The van der Waals surface area contributed by atoms with Crippen molar-refractivity contribution >= 4 is 11.6 Å². The molecular formula is C15H15NO. The Kier molecular flexibility index (Phi) is 3.24. The number of rotatable bonds is 2. The van der Waals surface area contributed by atoms with Crippen LogP contribution in [0.5, 0.6) is 0 Å². The van der Waals surface area contributed by atoms with Gasteiger partial charge in [-0.05, 0) is 35.7 Å². The van der Waals surface area contributed by atoms with Crippen LogP contribution in [-0.4, -0.2) is 5.91 Å². The summed E-state index contributed by atoms with van der Waals surface area (Å²) in [4.78, 5) is 11.0. The third-order valence-electron chi connectivity index (χ3n) is 2.64. The quantitative estimate of drug-likeness (QED) is 0.831. The van der Waals surface area contributed by atoms with Crippen LogP contribution in [0, 0.1) is 6.92 Å². The number of nitrogens with one attached hydrogen (secondary N) is 1.